The third kappa shape index (κ3) is 3.78. The Labute approximate surface area is 122 Å². The second-order valence-electron chi connectivity index (χ2n) is 5.10. The average Bonchev–Trinajstić information content (AvgIpc) is 2.99. The van der Waals surface area contributed by atoms with Crippen molar-refractivity contribution in [2.24, 2.45) is 0 Å². The van der Waals surface area contributed by atoms with E-state index in [0.29, 0.717) is 30.5 Å². The molecule has 3 rings (SSSR count). The summed E-state index contributed by atoms with van der Waals surface area (Å²) in [6.07, 6.45) is 3.98. The predicted octanol–water partition coefficient (Wildman–Crippen LogP) is 2.64. The fourth-order valence-electron chi connectivity index (χ4n) is 2.36. The summed E-state index contributed by atoms with van der Waals surface area (Å²) in [6.45, 7) is 1.43. The minimum Gasteiger partial charge on any atom is -0.493 e. The molecule has 0 radical (unpaired) electrons. The molecule has 1 aliphatic rings. The molecule has 1 fully saturated rings. The Kier molecular flexibility index (Phi) is 4.45. The minimum absolute atomic E-state index is 0.179. The minimum atomic E-state index is -0.273. The van der Waals surface area contributed by atoms with Crippen LogP contribution in [0.15, 0.2) is 28.8 Å². The molecule has 1 N–H and O–H groups in total. The lowest BCUT2D eigenvalue weighted by molar-refractivity contribution is 0.292. The molecule has 0 saturated carbocycles. The van der Waals surface area contributed by atoms with E-state index in [-0.39, 0.29) is 11.9 Å². The maximum absolute atomic E-state index is 12.8. The van der Waals surface area contributed by atoms with Gasteiger partial charge in [0, 0.05) is 6.42 Å². The molecule has 2 heterocycles. The summed E-state index contributed by atoms with van der Waals surface area (Å²) >= 11 is 0. The SMILES string of the molecule is Fc1ccc(OCCc2noc([C@@H]3CCCCN3)n2)cc1. The zero-order chi connectivity index (χ0) is 14.5. The van der Waals surface area contributed by atoms with Crippen LogP contribution >= 0.6 is 0 Å². The number of hydrogen-bond acceptors (Lipinski definition) is 5. The molecule has 1 aromatic carbocycles. The Hall–Kier alpha value is -1.95. The molecule has 1 atom stereocenters. The summed E-state index contributed by atoms with van der Waals surface area (Å²) in [7, 11) is 0. The van der Waals surface area contributed by atoms with Crippen LogP contribution in [0, 0.1) is 5.82 Å². The quantitative estimate of drug-likeness (QED) is 0.917. The zero-order valence-corrected chi connectivity index (χ0v) is 11.7. The smallest absolute Gasteiger partial charge is 0.243 e. The first kappa shape index (κ1) is 14.0. The molecule has 0 unspecified atom stereocenters. The zero-order valence-electron chi connectivity index (χ0n) is 11.7. The van der Waals surface area contributed by atoms with Gasteiger partial charge in [-0.3, -0.25) is 0 Å². The summed E-state index contributed by atoms with van der Waals surface area (Å²) in [4.78, 5) is 4.40. The van der Waals surface area contributed by atoms with E-state index in [1.54, 1.807) is 12.1 Å². The van der Waals surface area contributed by atoms with Crippen molar-refractivity contribution < 1.29 is 13.7 Å². The first-order valence-corrected chi connectivity index (χ1v) is 7.25. The normalized spacial score (nSPS) is 18.6. The van der Waals surface area contributed by atoms with Gasteiger partial charge in [-0.2, -0.15) is 4.98 Å². The molecule has 2 aromatic rings. The number of nitrogens with zero attached hydrogens (tertiary/aromatic N) is 2. The van der Waals surface area contributed by atoms with Gasteiger partial charge in [0.1, 0.15) is 11.6 Å². The number of nitrogens with one attached hydrogen (secondary N) is 1. The topological polar surface area (TPSA) is 60.2 Å². The molecule has 112 valence electrons. The van der Waals surface area contributed by atoms with Gasteiger partial charge in [0.25, 0.3) is 0 Å². The number of benzene rings is 1. The van der Waals surface area contributed by atoms with Gasteiger partial charge in [0.05, 0.1) is 12.6 Å². The van der Waals surface area contributed by atoms with Gasteiger partial charge < -0.3 is 14.6 Å². The van der Waals surface area contributed by atoms with Gasteiger partial charge in [0.15, 0.2) is 5.82 Å². The molecular formula is C15H18FN3O2. The van der Waals surface area contributed by atoms with Crippen LogP contribution in [0.5, 0.6) is 5.75 Å². The molecule has 0 spiro atoms. The fourth-order valence-corrected chi connectivity index (χ4v) is 2.36. The molecule has 5 nitrogen and oxygen atoms in total. The van der Waals surface area contributed by atoms with Crippen LogP contribution in [0.25, 0.3) is 0 Å². The summed E-state index contributed by atoms with van der Waals surface area (Å²) in [6, 6.07) is 6.12. The largest absolute Gasteiger partial charge is 0.493 e. The van der Waals surface area contributed by atoms with Crippen molar-refractivity contribution in [1.29, 1.82) is 0 Å². The van der Waals surface area contributed by atoms with Gasteiger partial charge >= 0.3 is 0 Å². The summed E-state index contributed by atoms with van der Waals surface area (Å²) < 4.78 is 23.6. The number of hydrogen-bond donors (Lipinski definition) is 1. The van der Waals surface area contributed by atoms with Crippen LogP contribution in [0.1, 0.15) is 37.0 Å². The third-order valence-corrected chi connectivity index (χ3v) is 3.50. The Morgan fingerprint density at radius 1 is 1.29 bits per heavy atom. The van der Waals surface area contributed by atoms with Crippen LogP contribution in [0.4, 0.5) is 4.39 Å². The van der Waals surface area contributed by atoms with Gasteiger partial charge in [-0.25, -0.2) is 4.39 Å². The van der Waals surface area contributed by atoms with E-state index in [0.717, 1.165) is 13.0 Å². The van der Waals surface area contributed by atoms with Gasteiger partial charge in [-0.15, -0.1) is 0 Å². The highest BCUT2D eigenvalue weighted by molar-refractivity contribution is 5.22. The van der Waals surface area contributed by atoms with Crippen molar-refractivity contribution in [3.63, 3.8) is 0 Å². The predicted molar refractivity (Wildman–Crippen MR) is 74.5 cm³/mol. The summed E-state index contributed by atoms with van der Waals surface area (Å²) in [5, 5.41) is 7.34. The molecule has 0 amide bonds. The highest BCUT2D eigenvalue weighted by Gasteiger charge is 2.20. The fraction of sp³-hybridized carbons (Fsp3) is 0.467. The molecule has 0 aliphatic carbocycles. The van der Waals surface area contributed by atoms with Crippen molar-refractivity contribution in [1.82, 2.24) is 15.5 Å². The lowest BCUT2D eigenvalue weighted by atomic mass is 10.1. The average molecular weight is 291 g/mol. The van der Waals surface area contributed by atoms with E-state index < -0.39 is 0 Å². The molecule has 1 saturated heterocycles. The van der Waals surface area contributed by atoms with Crippen molar-refractivity contribution >= 4 is 0 Å². The van der Waals surface area contributed by atoms with Crippen LogP contribution < -0.4 is 10.1 Å². The highest BCUT2D eigenvalue weighted by Crippen LogP contribution is 2.21. The Morgan fingerprint density at radius 2 is 2.14 bits per heavy atom. The molecule has 1 aromatic heterocycles. The molecule has 1 aliphatic heterocycles. The maximum Gasteiger partial charge on any atom is 0.243 e. The van der Waals surface area contributed by atoms with Gasteiger partial charge in [-0.05, 0) is 43.7 Å². The number of halogens is 1. The standard InChI is InChI=1S/C15H18FN3O2/c16-11-4-6-12(7-5-11)20-10-8-14-18-15(21-19-14)13-3-1-2-9-17-13/h4-7,13,17H,1-3,8-10H2/t13-/m0/s1. The maximum atomic E-state index is 12.8. The molecule has 6 heteroatoms. The van der Waals surface area contributed by atoms with E-state index >= 15 is 0 Å². The number of piperidine rings is 1. The molecule has 0 bridgehead atoms. The van der Waals surface area contributed by atoms with Gasteiger partial charge in [-0.1, -0.05) is 11.6 Å². The first-order valence-electron chi connectivity index (χ1n) is 7.25. The lowest BCUT2D eigenvalue weighted by Gasteiger charge is -2.19. The van der Waals surface area contributed by atoms with Crippen molar-refractivity contribution in [3.8, 4) is 5.75 Å². The number of rotatable bonds is 5. The van der Waals surface area contributed by atoms with Crippen LogP contribution in [-0.4, -0.2) is 23.3 Å². The van der Waals surface area contributed by atoms with Crippen molar-refractivity contribution in [2.45, 2.75) is 31.7 Å². The van der Waals surface area contributed by atoms with Crippen molar-refractivity contribution in [3.05, 3.63) is 41.8 Å². The summed E-state index contributed by atoms with van der Waals surface area (Å²) in [5.41, 5.74) is 0. The van der Waals surface area contributed by atoms with E-state index in [4.69, 9.17) is 9.26 Å². The van der Waals surface area contributed by atoms with E-state index in [2.05, 4.69) is 15.5 Å². The number of ether oxygens (including phenoxy) is 1. The summed E-state index contributed by atoms with van der Waals surface area (Å²) in [5.74, 6) is 1.66. The van der Waals surface area contributed by atoms with Crippen LogP contribution in [-0.2, 0) is 6.42 Å². The Bertz CT molecular complexity index is 565. The molecular weight excluding hydrogens is 273 g/mol. The van der Waals surface area contributed by atoms with Crippen LogP contribution in [0.2, 0.25) is 0 Å². The van der Waals surface area contributed by atoms with Crippen LogP contribution in [0.3, 0.4) is 0 Å². The molecule has 21 heavy (non-hydrogen) atoms. The van der Waals surface area contributed by atoms with Crippen molar-refractivity contribution in [2.75, 3.05) is 13.2 Å². The second-order valence-corrected chi connectivity index (χ2v) is 5.10. The van der Waals surface area contributed by atoms with E-state index in [9.17, 15) is 4.39 Å². The highest BCUT2D eigenvalue weighted by atomic mass is 19.1. The van der Waals surface area contributed by atoms with E-state index in [1.807, 2.05) is 0 Å². The first-order chi connectivity index (χ1) is 10.3. The third-order valence-electron chi connectivity index (χ3n) is 3.50. The Balaban J connectivity index is 1.49. The number of aromatic nitrogens is 2. The lowest BCUT2D eigenvalue weighted by Crippen LogP contribution is -2.27. The second kappa shape index (κ2) is 6.67. The Morgan fingerprint density at radius 3 is 2.90 bits per heavy atom. The van der Waals surface area contributed by atoms with Gasteiger partial charge in [0.2, 0.25) is 5.89 Å². The van der Waals surface area contributed by atoms with E-state index in [1.165, 1.54) is 25.0 Å². The monoisotopic (exact) mass is 291 g/mol.